The molecule has 1 N–H and O–H groups in total. The van der Waals surface area contributed by atoms with Gasteiger partial charge >= 0.3 is 0 Å². The third-order valence-corrected chi connectivity index (χ3v) is 4.07. The number of nitrogens with zero attached hydrogens (tertiary/aromatic N) is 3. The Bertz CT molecular complexity index is 605. The third-order valence-electron chi connectivity index (χ3n) is 2.94. The molecule has 1 amide bonds. The molecule has 2 heterocycles. The number of carbonyl (C=O) groups excluding carboxylic acids is 1. The lowest BCUT2D eigenvalue weighted by molar-refractivity contribution is -0.120. The number of rotatable bonds is 5. The van der Waals surface area contributed by atoms with E-state index < -0.39 is 0 Å². The summed E-state index contributed by atoms with van der Waals surface area (Å²) in [7, 11) is 1.88. The number of nitrogens with one attached hydrogen (secondary N) is 1. The van der Waals surface area contributed by atoms with E-state index in [1.807, 2.05) is 38.5 Å². The predicted octanol–water partition coefficient (Wildman–Crippen LogP) is 2.00. The Labute approximate surface area is 121 Å². The predicted molar refractivity (Wildman–Crippen MR) is 77.4 cm³/mol. The van der Waals surface area contributed by atoms with E-state index in [4.69, 9.17) is 4.42 Å². The minimum Gasteiger partial charge on any atom is -0.469 e. The Kier molecular flexibility index (Phi) is 4.49. The van der Waals surface area contributed by atoms with E-state index >= 15 is 0 Å². The van der Waals surface area contributed by atoms with Crippen molar-refractivity contribution in [3.05, 3.63) is 18.1 Å². The zero-order chi connectivity index (χ0) is 14.7. The molecular formula is C13H18N4O2S. The molecule has 2 aromatic rings. The number of aromatic nitrogens is 3. The standard InChI is InChI=1S/C13H18N4O2S/c1-5-14-12(18)9(3)20-13-16-15-11(17(13)4)10-6-7-19-8(10)2/h6-7,9H,5H2,1-4H3,(H,14,18)/t9-/m1/s1. The third kappa shape index (κ3) is 2.87. The van der Waals surface area contributed by atoms with Gasteiger partial charge in [0.2, 0.25) is 5.91 Å². The fourth-order valence-electron chi connectivity index (χ4n) is 1.80. The fourth-order valence-corrected chi connectivity index (χ4v) is 2.64. The second kappa shape index (κ2) is 6.13. The molecule has 108 valence electrons. The van der Waals surface area contributed by atoms with Crippen LogP contribution in [0.5, 0.6) is 0 Å². The van der Waals surface area contributed by atoms with Crippen molar-refractivity contribution in [2.75, 3.05) is 6.54 Å². The highest BCUT2D eigenvalue weighted by Gasteiger charge is 2.19. The molecule has 0 spiro atoms. The van der Waals surface area contributed by atoms with Crippen LogP contribution in [0.2, 0.25) is 0 Å². The molecule has 0 bridgehead atoms. The van der Waals surface area contributed by atoms with Crippen LogP contribution in [-0.2, 0) is 11.8 Å². The molecule has 0 aliphatic rings. The lowest BCUT2D eigenvalue weighted by atomic mass is 10.2. The molecule has 0 aliphatic heterocycles. The number of aryl methyl sites for hydroxylation is 1. The summed E-state index contributed by atoms with van der Waals surface area (Å²) < 4.78 is 7.16. The van der Waals surface area contributed by atoms with Gasteiger partial charge in [-0.15, -0.1) is 10.2 Å². The maximum Gasteiger partial charge on any atom is 0.233 e. The zero-order valence-corrected chi connectivity index (χ0v) is 12.8. The van der Waals surface area contributed by atoms with Crippen LogP contribution in [0.25, 0.3) is 11.4 Å². The molecule has 0 aromatic carbocycles. The van der Waals surface area contributed by atoms with Crippen LogP contribution in [0.15, 0.2) is 21.9 Å². The van der Waals surface area contributed by atoms with Gasteiger partial charge in [-0.2, -0.15) is 0 Å². The average molecular weight is 294 g/mol. The molecule has 2 rings (SSSR count). The smallest absolute Gasteiger partial charge is 0.233 e. The quantitative estimate of drug-likeness (QED) is 0.854. The molecule has 0 saturated carbocycles. The molecule has 0 fully saturated rings. The van der Waals surface area contributed by atoms with E-state index in [0.717, 1.165) is 17.1 Å². The molecule has 1 atom stereocenters. The van der Waals surface area contributed by atoms with Crippen molar-refractivity contribution in [3.8, 4) is 11.4 Å². The molecule has 6 nitrogen and oxygen atoms in total. The van der Waals surface area contributed by atoms with Crippen molar-refractivity contribution in [2.24, 2.45) is 7.05 Å². The Morgan fingerprint density at radius 2 is 2.30 bits per heavy atom. The Morgan fingerprint density at radius 3 is 2.90 bits per heavy atom. The van der Waals surface area contributed by atoms with Crippen LogP contribution in [0.3, 0.4) is 0 Å². The van der Waals surface area contributed by atoms with Gasteiger partial charge in [-0.05, 0) is 26.8 Å². The first kappa shape index (κ1) is 14.6. The van der Waals surface area contributed by atoms with Gasteiger partial charge in [-0.3, -0.25) is 4.79 Å². The van der Waals surface area contributed by atoms with Gasteiger partial charge in [-0.25, -0.2) is 0 Å². The molecule has 0 aliphatic carbocycles. The van der Waals surface area contributed by atoms with Crippen molar-refractivity contribution in [2.45, 2.75) is 31.2 Å². The van der Waals surface area contributed by atoms with Crippen LogP contribution in [0.1, 0.15) is 19.6 Å². The van der Waals surface area contributed by atoms with Crippen LogP contribution in [-0.4, -0.2) is 32.5 Å². The summed E-state index contributed by atoms with van der Waals surface area (Å²) in [4.78, 5) is 11.7. The SMILES string of the molecule is CCNC(=O)[C@@H](C)Sc1nnc(-c2ccoc2C)n1C. The summed E-state index contributed by atoms with van der Waals surface area (Å²) in [6.07, 6.45) is 1.63. The van der Waals surface area contributed by atoms with Crippen LogP contribution >= 0.6 is 11.8 Å². The van der Waals surface area contributed by atoms with Gasteiger partial charge in [-0.1, -0.05) is 11.8 Å². The van der Waals surface area contributed by atoms with E-state index in [1.165, 1.54) is 11.8 Å². The number of thioether (sulfide) groups is 1. The van der Waals surface area contributed by atoms with Gasteiger partial charge in [0.05, 0.1) is 17.1 Å². The minimum absolute atomic E-state index is 0.00143. The first-order valence-corrected chi connectivity index (χ1v) is 7.30. The lowest BCUT2D eigenvalue weighted by Crippen LogP contribution is -2.30. The summed E-state index contributed by atoms with van der Waals surface area (Å²) in [5.74, 6) is 1.54. The van der Waals surface area contributed by atoms with Crippen molar-refractivity contribution >= 4 is 17.7 Å². The van der Waals surface area contributed by atoms with Crippen molar-refractivity contribution in [1.29, 1.82) is 0 Å². The summed E-state index contributed by atoms with van der Waals surface area (Å²) in [6.45, 7) is 6.26. The number of amides is 1. The largest absolute Gasteiger partial charge is 0.469 e. The van der Waals surface area contributed by atoms with Crippen LogP contribution in [0.4, 0.5) is 0 Å². The van der Waals surface area contributed by atoms with E-state index in [-0.39, 0.29) is 11.2 Å². The normalized spacial score (nSPS) is 12.4. The molecular weight excluding hydrogens is 276 g/mol. The lowest BCUT2D eigenvalue weighted by Gasteiger charge is -2.10. The highest BCUT2D eigenvalue weighted by Crippen LogP contribution is 2.27. The summed E-state index contributed by atoms with van der Waals surface area (Å²) in [5, 5.41) is 11.6. The number of carbonyl (C=O) groups is 1. The van der Waals surface area contributed by atoms with Crippen molar-refractivity contribution < 1.29 is 9.21 Å². The first-order chi connectivity index (χ1) is 9.54. The maximum absolute atomic E-state index is 11.7. The van der Waals surface area contributed by atoms with E-state index in [0.29, 0.717) is 11.7 Å². The average Bonchev–Trinajstić information content (AvgIpc) is 2.97. The molecule has 20 heavy (non-hydrogen) atoms. The molecule has 2 aromatic heterocycles. The maximum atomic E-state index is 11.7. The first-order valence-electron chi connectivity index (χ1n) is 6.42. The Morgan fingerprint density at radius 1 is 1.55 bits per heavy atom. The highest BCUT2D eigenvalue weighted by molar-refractivity contribution is 8.00. The van der Waals surface area contributed by atoms with Gasteiger partial charge in [0, 0.05) is 13.6 Å². The molecule has 7 heteroatoms. The van der Waals surface area contributed by atoms with Crippen LogP contribution < -0.4 is 5.32 Å². The Balaban J connectivity index is 2.18. The minimum atomic E-state index is -0.212. The molecule has 0 unspecified atom stereocenters. The van der Waals surface area contributed by atoms with E-state index in [2.05, 4.69) is 15.5 Å². The van der Waals surface area contributed by atoms with Gasteiger partial charge in [0.1, 0.15) is 5.76 Å². The highest BCUT2D eigenvalue weighted by atomic mass is 32.2. The fraction of sp³-hybridized carbons (Fsp3) is 0.462. The monoisotopic (exact) mass is 294 g/mol. The van der Waals surface area contributed by atoms with E-state index in [9.17, 15) is 4.79 Å². The van der Waals surface area contributed by atoms with Gasteiger partial charge < -0.3 is 14.3 Å². The number of furan rings is 1. The van der Waals surface area contributed by atoms with Crippen LogP contribution in [0, 0.1) is 6.92 Å². The number of hydrogen-bond acceptors (Lipinski definition) is 5. The second-order valence-corrected chi connectivity index (χ2v) is 5.72. The molecule has 0 saturated heterocycles. The summed E-state index contributed by atoms with van der Waals surface area (Å²) in [6, 6.07) is 1.86. The summed E-state index contributed by atoms with van der Waals surface area (Å²) in [5.41, 5.74) is 0.914. The summed E-state index contributed by atoms with van der Waals surface area (Å²) >= 11 is 1.39. The van der Waals surface area contributed by atoms with E-state index in [1.54, 1.807) is 6.26 Å². The number of hydrogen-bond donors (Lipinski definition) is 1. The van der Waals surface area contributed by atoms with Crippen molar-refractivity contribution in [3.63, 3.8) is 0 Å². The molecule has 0 radical (unpaired) electrons. The Hall–Kier alpha value is -1.76. The van der Waals surface area contributed by atoms with Gasteiger partial charge in [0.25, 0.3) is 0 Å². The van der Waals surface area contributed by atoms with Crippen molar-refractivity contribution in [1.82, 2.24) is 20.1 Å². The van der Waals surface area contributed by atoms with Gasteiger partial charge in [0.15, 0.2) is 11.0 Å². The zero-order valence-electron chi connectivity index (χ0n) is 12.0. The second-order valence-electron chi connectivity index (χ2n) is 4.41. The topological polar surface area (TPSA) is 73.0 Å².